The van der Waals surface area contributed by atoms with Gasteiger partial charge in [0.2, 0.25) is 0 Å². The number of rotatable bonds is 9. The number of hydrogen-bond acceptors (Lipinski definition) is 2. The van der Waals surface area contributed by atoms with E-state index in [1.165, 1.54) is 5.56 Å². The highest BCUT2D eigenvalue weighted by atomic mass is 16.4. The van der Waals surface area contributed by atoms with E-state index in [0.29, 0.717) is 12.5 Å². The summed E-state index contributed by atoms with van der Waals surface area (Å²) in [4.78, 5) is 11.1. The summed E-state index contributed by atoms with van der Waals surface area (Å²) in [7, 11) is 0. The third-order valence-corrected chi connectivity index (χ3v) is 3.72. The van der Waals surface area contributed by atoms with E-state index in [-0.39, 0.29) is 0 Å². The summed E-state index contributed by atoms with van der Waals surface area (Å²) in [5, 5.41) is 12.6. The predicted molar refractivity (Wildman–Crippen MR) is 82.9 cm³/mol. The number of benzene rings is 1. The molecule has 1 aromatic carbocycles. The van der Waals surface area contributed by atoms with E-state index < -0.39 is 11.4 Å². The zero-order chi connectivity index (χ0) is 15.0. The highest BCUT2D eigenvalue weighted by molar-refractivity contribution is 5.73. The average molecular weight is 277 g/mol. The van der Waals surface area contributed by atoms with Gasteiger partial charge in [-0.15, -0.1) is 0 Å². The molecule has 0 aliphatic carbocycles. The van der Waals surface area contributed by atoms with Gasteiger partial charge in [-0.3, -0.25) is 4.79 Å². The number of carbonyl (C=O) groups is 1. The van der Waals surface area contributed by atoms with Gasteiger partial charge in [0.15, 0.2) is 0 Å². The van der Waals surface area contributed by atoms with E-state index in [9.17, 15) is 4.79 Å². The van der Waals surface area contributed by atoms with Crippen molar-refractivity contribution in [2.24, 2.45) is 5.41 Å². The van der Waals surface area contributed by atoms with E-state index in [4.69, 9.17) is 5.11 Å². The van der Waals surface area contributed by atoms with Crippen LogP contribution in [0.1, 0.15) is 45.6 Å². The molecule has 0 fully saturated rings. The van der Waals surface area contributed by atoms with Gasteiger partial charge < -0.3 is 10.4 Å². The normalized spacial score (nSPS) is 13.2. The van der Waals surface area contributed by atoms with Crippen molar-refractivity contribution in [1.82, 2.24) is 5.32 Å². The number of nitrogens with one attached hydrogen (secondary N) is 1. The van der Waals surface area contributed by atoms with Crippen LogP contribution in [0.25, 0.3) is 0 Å². The Hall–Kier alpha value is -1.35. The Morgan fingerprint density at radius 2 is 1.95 bits per heavy atom. The van der Waals surface area contributed by atoms with Crippen LogP contribution in [0.15, 0.2) is 30.3 Å². The van der Waals surface area contributed by atoms with Crippen molar-refractivity contribution < 1.29 is 9.90 Å². The maximum atomic E-state index is 11.1. The van der Waals surface area contributed by atoms with Crippen molar-refractivity contribution >= 4 is 5.97 Å². The molecule has 0 bridgehead atoms. The summed E-state index contributed by atoms with van der Waals surface area (Å²) in [6, 6.07) is 10.9. The maximum absolute atomic E-state index is 11.1. The molecule has 0 aliphatic heterocycles. The molecule has 0 aromatic heterocycles. The Morgan fingerprint density at radius 3 is 2.50 bits per heavy atom. The molecule has 0 amide bonds. The van der Waals surface area contributed by atoms with Crippen LogP contribution in [0.5, 0.6) is 0 Å². The average Bonchev–Trinajstić information content (AvgIpc) is 2.39. The fourth-order valence-corrected chi connectivity index (χ4v) is 2.22. The van der Waals surface area contributed by atoms with Crippen LogP contribution in [0, 0.1) is 5.41 Å². The van der Waals surface area contributed by atoms with E-state index >= 15 is 0 Å². The molecule has 1 atom stereocenters. The first-order chi connectivity index (χ1) is 9.45. The molecule has 2 N–H and O–H groups in total. The Labute approximate surface area is 122 Å². The molecule has 0 spiro atoms. The number of carboxylic acid groups (broad SMARTS) is 1. The van der Waals surface area contributed by atoms with E-state index in [1.54, 1.807) is 13.8 Å². The molecular weight excluding hydrogens is 250 g/mol. The summed E-state index contributed by atoms with van der Waals surface area (Å²) >= 11 is 0. The maximum Gasteiger partial charge on any atom is 0.309 e. The van der Waals surface area contributed by atoms with Gasteiger partial charge in [-0.05, 0) is 45.2 Å². The van der Waals surface area contributed by atoms with Gasteiger partial charge in [0.05, 0.1) is 5.41 Å². The van der Waals surface area contributed by atoms with Crippen molar-refractivity contribution in [3.05, 3.63) is 35.9 Å². The number of aliphatic carboxylic acids is 1. The lowest BCUT2D eigenvalue weighted by Gasteiger charge is -2.23. The first-order valence-corrected chi connectivity index (χ1v) is 7.46. The lowest BCUT2D eigenvalue weighted by molar-refractivity contribution is -0.147. The van der Waals surface area contributed by atoms with Gasteiger partial charge >= 0.3 is 5.97 Å². The largest absolute Gasteiger partial charge is 0.481 e. The van der Waals surface area contributed by atoms with Crippen LogP contribution in [-0.4, -0.2) is 23.7 Å². The third kappa shape index (κ3) is 5.74. The van der Waals surface area contributed by atoms with Gasteiger partial charge in [0.25, 0.3) is 0 Å². The van der Waals surface area contributed by atoms with Crippen molar-refractivity contribution in [3.8, 4) is 0 Å². The van der Waals surface area contributed by atoms with E-state index in [2.05, 4.69) is 36.5 Å². The van der Waals surface area contributed by atoms with E-state index in [1.807, 2.05) is 6.07 Å². The summed E-state index contributed by atoms with van der Waals surface area (Å²) < 4.78 is 0. The molecule has 0 heterocycles. The third-order valence-electron chi connectivity index (χ3n) is 3.72. The molecule has 1 unspecified atom stereocenters. The predicted octanol–water partition coefficient (Wildman–Crippen LogP) is 3.49. The topological polar surface area (TPSA) is 49.3 Å². The fraction of sp³-hybridized carbons (Fsp3) is 0.588. The van der Waals surface area contributed by atoms with Crippen molar-refractivity contribution in [1.29, 1.82) is 0 Å². The summed E-state index contributed by atoms with van der Waals surface area (Å²) in [6.45, 7) is 6.49. The second-order valence-electron chi connectivity index (χ2n) is 6.07. The first-order valence-electron chi connectivity index (χ1n) is 7.46. The number of carboxylic acids is 1. The van der Waals surface area contributed by atoms with Crippen LogP contribution in [0.4, 0.5) is 0 Å². The molecule has 0 saturated heterocycles. The quantitative estimate of drug-likeness (QED) is 0.726. The van der Waals surface area contributed by atoms with Crippen LogP contribution in [-0.2, 0) is 11.2 Å². The molecule has 20 heavy (non-hydrogen) atoms. The summed E-state index contributed by atoms with van der Waals surface area (Å²) in [5.74, 6) is -0.727. The van der Waals surface area contributed by atoms with Crippen molar-refractivity contribution in [2.75, 3.05) is 6.54 Å². The van der Waals surface area contributed by atoms with Gasteiger partial charge in [-0.1, -0.05) is 43.7 Å². The molecule has 0 saturated carbocycles. The van der Waals surface area contributed by atoms with Gasteiger partial charge in [0.1, 0.15) is 0 Å². The SMILES string of the molecule is CCCC(Cc1ccccc1)NCCC(C)(C)C(=O)O. The minimum Gasteiger partial charge on any atom is -0.481 e. The van der Waals surface area contributed by atoms with Crippen LogP contribution in [0.3, 0.4) is 0 Å². The molecular formula is C17H27NO2. The molecule has 112 valence electrons. The zero-order valence-corrected chi connectivity index (χ0v) is 12.9. The van der Waals surface area contributed by atoms with Crippen LogP contribution < -0.4 is 5.32 Å². The minimum absolute atomic E-state index is 0.423. The molecule has 1 rings (SSSR count). The molecule has 0 aliphatic rings. The Bertz CT molecular complexity index is 401. The number of hydrogen-bond donors (Lipinski definition) is 2. The highest BCUT2D eigenvalue weighted by Crippen LogP contribution is 2.19. The molecule has 3 heteroatoms. The highest BCUT2D eigenvalue weighted by Gasteiger charge is 2.26. The zero-order valence-electron chi connectivity index (χ0n) is 12.9. The lowest BCUT2D eigenvalue weighted by Crippen LogP contribution is -2.35. The van der Waals surface area contributed by atoms with Gasteiger partial charge in [-0.25, -0.2) is 0 Å². The molecule has 3 nitrogen and oxygen atoms in total. The smallest absolute Gasteiger partial charge is 0.309 e. The second-order valence-corrected chi connectivity index (χ2v) is 6.07. The first kappa shape index (κ1) is 16.7. The van der Waals surface area contributed by atoms with Crippen molar-refractivity contribution in [3.63, 3.8) is 0 Å². The van der Waals surface area contributed by atoms with Gasteiger partial charge in [-0.2, -0.15) is 0 Å². The standard InChI is InChI=1S/C17H27NO2/c1-4-8-15(13-14-9-6-5-7-10-14)18-12-11-17(2,3)16(19)20/h5-7,9-10,15,18H,4,8,11-13H2,1-3H3,(H,19,20). The lowest BCUT2D eigenvalue weighted by atomic mass is 9.89. The molecule has 0 radical (unpaired) electrons. The Morgan fingerprint density at radius 1 is 1.30 bits per heavy atom. The van der Waals surface area contributed by atoms with Crippen molar-refractivity contribution in [2.45, 2.75) is 52.5 Å². The molecule has 1 aromatic rings. The Kier molecular flexibility index (Phi) is 6.73. The monoisotopic (exact) mass is 277 g/mol. The van der Waals surface area contributed by atoms with E-state index in [0.717, 1.165) is 25.8 Å². The van der Waals surface area contributed by atoms with Gasteiger partial charge in [0, 0.05) is 6.04 Å². The van der Waals surface area contributed by atoms with Crippen LogP contribution in [0.2, 0.25) is 0 Å². The summed E-state index contributed by atoms with van der Waals surface area (Å²) in [6.07, 6.45) is 3.90. The van der Waals surface area contributed by atoms with Crippen LogP contribution >= 0.6 is 0 Å². The Balaban J connectivity index is 2.45. The minimum atomic E-state index is -0.727. The summed E-state index contributed by atoms with van der Waals surface area (Å²) in [5.41, 5.74) is 0.673. The fourth-order valence-electron chi connectivity index (χ4n) is 2.22. The second kappa shape index (κ2) is 8.05.